The second kappa shape index (κ2) is 14.1. The molecule has 0 aromatic rings. The topological polar surface area (TPSA) is 21.7 Å². The number of piperidine rings is 1. The van der Waals surface area contributed by atoms with Gasteiger partial charge in [-0.3, -0.25) is 0 Å². The molecule has 0 amide bonds. The largest absolute Gasteiger partial charge is 0.381 e. The first-order valence-electron chi connectivity index (χ1n) is 10.5. The maximum absolute atomic E-state index is 5.83. The van der Waals surface area contributed by atoms with Gasteiger partial charge in [0.2, 0.25) is 0 Å². The van der Waals surface area contributed by atoms with Crippen molar-refractivity contribution < 1.29 is 9.47 Å². The number of unbranched alkanes of at least 4 members (excludes halogenated alkanes) is 2. The Morgan fingerprint density at radius 1 is 0.875 bits per heavy atom. The van der Waals surface area contributed by atoms with Crippen molar-refractivity contribution in [3.8, 4) is 0 Å². The third-order valence-corrected chi connectivity index (χ3v) is 5.02. The van der Waals surface area contributed by atoms with Crippen LogP contribution in [-0.2, 0) is 9.47 Å². The van der Waals surface area contributed by atoms with Crippen LogP contribution in [-0.4, -0.2) is 50.5 Å². The molecule has 1 rings (SSSR count). The second-order valence-electron chi connectivity index (χ2n) is 8.20. The molecule has 0 unspecified atom stereocenters. The summed E-state index contributed by atoms with van der Waals surface area (Å²) in [4.78, 5) is 2.67. The number of likely N-dealkylation sites (tertiary alicyclic amines) is 1. The fourth-order valence-electron chi connectivity index (χ4n) is 3.38. The molecule has 0 spiro atoms. The van der Waals surface area contributed by atoms with E-state index in [1.54, 1.807) is 0 Å². The first kappa shape index (κ1) is 21.9. The lowest BCUT2D eigenvalue weighted by atomic mass is 9.93. The summed E-state index contributed by atoms with van der Waals surface area (Å²) >= 11 is 0. The van der Waals surface area contributed by atoms with Gasteiger partial charge in [-0.25, -0.2) is 0 Å². The standard InChI is InChI=1S/C21H43NO2/c1-19(2)9-8-13-22-14-10-21(11-15-22)12-18-23-16-6-5-7-17-24-20(3)4/h19-21H,5-18H2,1-4H3. The molecule has 1 saturated heterocycles. The number of hydrogen-bond acceptors (Lipinski definition) is 3. The Morgan fingerprint density at radius 3 is 2.25 bits per heavy atom. The molecule has 0 N–H and O–H groups in total. The van der Waals surface area contributed by atoms with Crippen LogP contribution >= 0.6 is 0 Å². The molecule has 0 saturated carbocycles. The van der Waals surface area contributed by atoms with E-state index in [4.69, 9.17) is 9.47 Å². The summed E-state index contributed by atoms with van der Waals surface area (Å²) in [5.74, 6) is 1.74. The first-order valence-corrected chi connectivity index (χ1v) is 10.5. The Bertz CT molecular complexity index is 273. The van der Waals surface area contributed by atoms with Crippen molar-refractivity contribution in [3.63, 3.8) is 0 Å². The Hall–Kier alpha value is -0.120. The van der Waals surface area contributed by atoms with Gasteiger partial charge in [-0.15, -0.1) is 0 Å². The number of nitrogens with zero attached hydrogens (tertiary/aromatic N) is 1. The molecule has 0 aliphatic carbocycles. The molecule has 0 aromatic heterocycles. The van der Waals surface area contributed by atoms with Gasteiger partial charge in [-0.2, -0.15) is 0 Å². The van der Waals surface area contributed by atoms with E-state index < -0.39 is 0 Å². The monoisotopic (exact) mass is 341 g/mol. The van der Waals surface area contributed by atoms with Crippen molar-refractivity contribution in [3.05, 3.63) is 0 Å². The maximum atomic E-state index is 5.83. The van der Waals surface area contributed by atoms with Crippen molar-refractivity contribution in [2.24, 2.45) is 11.8 Å². The van der Waals surface area contributed by atoms with Crippen LogP contribution in [0.25, 0.3) is 0 Å². The smallest absolute Gasteiger partial charge is 0.0518 e. The van der Waals surface area contributed by atoms with Crippen LogP contribution in [0.15, 0.2) is 0 Å². The molecule has 3 nitrogen and oxygen atoms in total. The Kier molecular flexibility index (Phi) is 12.9. The lowest BCUT2D eigenvalue weighted by Gasteiger charge is -2.32. The zero-order valence-corrected chi connectivity index (χ0v) is 16.9. The molecule has 0 atom stereocenters. The van der Waals surface area contributed by atoms with Gasteiger partial charge in [-0.05, 0) is 96.7 Å². The predicted octanol–water partition coefficient (Wildman–Crippen LogP) is 5.14. The lowest BCUT2D eigenvalue weighted by Crippen LogP contribution is -2.34. The van der Waals surface area contributed by atoms with Gasteiger partial charge in [0.15, 0.2) is 0 Å². The molecule has 0 aromatic carbocycles. The molecular weight excluding hydrogens is 298 g/mol. The fourth-order valence-corrected chi connectivity index (χ4v) is 3.38. The summed E-state index contributed by atoms with van der Waals surface area (Å²) in [5.41, 5.74) is 0. The van der Waals surface area contributed by atoms with E-state index in [1.165, 1.54) is 64.6 Å². The summed E-state index contributed by atoms with van der Waals surface area (Å²) in [7, 11) is 0. The molecule has 1 fully saturated rings. The van der Waals surface area contributed by atoms with E-state index in [9.17, 15) is 0 Å². The average Bonchev–Trinajstić information content (AvgIpc) is 2.54. The highest BCUT2D eigenvalue weighted by Crippen LogP contribution is 2.21. The van der Waals surface area contributed by atoms with E-state index in [-0.39, 0.29) is 0 Å². The van der Waals surface area contributed by atoms with Gasteiger partial charge < -0.3 is 14.4 Å². The minimum atomic E-state index is 0.364. The van der Waals surface area contributed by atoms with Crippen LogP contribution in [0.3, 0.4) is 0 Å². The van der Waals surface area contributed by atoms with Crippen molar-refractivity contribution >= 4 is 0 Å². The lowest BCUT2D eigenvalue weighted by molar-refractivity contribution is 0.0710. The van der Waals surface area contributed by atoms with Crippen molar-refractivity contribution in [1.29, 1.82) is 0 Å². The minimum Gasteiger partial charge on any atom is -0.381 e. The van der Waals surface area contributed by atoms with Gasteiger partial charge in [0.25, 0.3) is 0 Å². The molecule has 0 radical (unpaired) electrons. The molecule has 0 bridgehead atoms. The van der Waals surface area contributed by atoms with E-state index in [1.807, 2.05) is 0 Å². The first-order chi connectivity index (χ1) is 11.6. The number of ether oxygens (including phenoxy) is 2. The highest BCUT2D eigenvalue weighted by Gasteiger charge is 2.18. The summed E-state index contributed by atoms with van der Waals surface area (Å²) in [6, 6.07) is 0. The third kappa shape index (κ3) is 12.3. The second-order valence-corrected chi connectivity index (χ2v) is 8.20. The Morgan fingerprint density at radius 2 is 1.58 bits per heavy atom. The normalized spacial score (nSPS) is 17.2. The SMILES string of the molecule is CC(C)CCCN1CCC(CCOCCCCCOC(C)C)CC1. The number of hydrogen-bond donors (Lipinski definition) is 0. The maximum Gasteiger partial charge on any atom is 0.0518 e. The van der Waals surface area contributed by atoms with E-state index >= 15 is 0 Å². The molecular formula is C21H43NO2. The molecule has 1 aliphatic heterocycles. The third-order valence-electron chi connectivity index (χ3n) is 5.02. The zero-order valence-electron chi connectivity index (χ0n) is 16.9. The summed E-state index contributed by atoms with van der Waals surface area (Å²) in [5, 5.41) is 0. The van der Waals surface area contributed by atoms with Crippen LogP contribution in [0.5, 0.6) is 0 Å². The van der Waals surface area contributed by atoms with Gasteiger partial charge in [0.05, 0.1) is 6.10 Å². The van der Waals surface area contributed by atoms with E-state index in [0.29, 0.717) is 6.10 Å². The quantitative estimate of drug-likeness (QED) is 0.408. The summed E-state index contributed by atoms with van der Waals surface area (Å²) < 4.78 is 11.4. The van der Waals surface area contributed by atoms with Gasteiger partial charge in [0, 0.05) is 19.8 Å². The van der Waals surface area contributed by atoms with Crippen molar-refractivity contribution in [2.75, 3.05) is 39.5 Å². The molecule has 1 heterocycles. The highest BCUT2D eigenvalue weighted by molar-refractivity contribution is 4.72. The zero-order chi connectivity index (χ0) is 17.6. The van der Waals surface area contributed by atoms with Gasteiger partial charge in [-0.1, -0.05) is 13.8 Å². The highest BCUT2D eigenvalue weighted by atomic mass is 16.5. The van der Waals surface area contributed by atoms with Crippen LogP contribution in [0.4, 0.5) is 0 Å². The van der Waals surface area contributed by atoms with E-state index in [2.05, 4.69) is 32.6 Å². The fraction of sp³-hybridized carbons (Fsp3) is 1.00. The Balaban J connectivity index is 1.86. The molecule has 1 aliphatic rings. The van der Waals surface area contributed by atoms with Crippen LogP contribution < -0.4 is 0 Å². The molecule has 3 heteroatoms. The number of rotatable bonds is 14. The van der Waals surface area contributed by atoms with Crippen LogP contribution in [0, 0.1) is 11.8 Å². The van der Waals surface area contributed by atoms with Crippen molar-refractivity contribution in [1.82, 2.24) is 4.90 Å². The minimum absolute atomic E-state index is 0.364. The Labute approximate surface area is 151 Å². The average molecular weight is 342 g/mol. The van der Waals surface area contributed by atoms with Gasteiger partial charge in [0.1, 0.15) is 0 Å². The molecule has 24 heavy (non-hydrogen) atoms. The van der Waals surface area contributed by atoms with Crippen LogP contribution in [0.1, 0.15) is 79.1 Å². The molecule has 144 valence electrons. The van der Waals surface area contributed by atoms with Crippen molar-refractivity contribution in [2.45, 2.75) is 85.2 Å². The van der Waals surface area contributed by atoms with Crippen LogP contribution in [0.2, 0.25) is 0 Å². The van der Waals surface area contributed by atoms with E-state index in [0.717, 1.165) is 38.1 Å². The van der Waals surface area contributed by atoms with Gasteiger partial charge >= 0.3 is 0 Å². The predicted molar refractivity (Wildman–Crippen MR) is 104 cm³/mol. The summed E-state index contributed by atoms with van der Waals surface area (Å²) in [6.07, 6.45) is 10.7. The summed E-state index contributed by atoms with van der Waals surface area (Å²) in [6.45, 7) is 15.5.